The smallest absolute Gasteiger partial charge is 0.248 e. The molecule has 0 atom stereocenters. The standard InChI is InChI=1S/C19H24N4OS.HI/c1-2-21-19(22-11-12-25-17-9-4-3-5-10-17)23-14-15-7-6-8-16(13-15)18(20)24;/h3-10,13H,2,11-12,14H2,1H3,(H2,20,24)(H2,21,22,23);1H. The average molecular weight is 484 g/mol. The van der Waals surface area contributed by atoms with Gasteiger partial charge in [0.2, 0.25) is 5.91 Å². The molecule has 0 aliphatic carbocycles. The highest BCUT2D eigenvalue weighted by molar-refractivity contribution is 14.0. The van der Waals surface area contributed by atoms with Crippen LogP contribution in [0, 0.1) is 0 Å². The van der Waals surface area contributed by atoms with Crippen molar-refractivity contribution in [3.05, 3.63) is 65.7 Å². The van der Waals surface area contributed by atoms with E-state index in [-0.39, 0.29) is 24.0 Å². The van der Waals surface area contributed by atoms with Crippen LogP contribution in [0.5, 0.6) is 0 Å². The third kappa shape index (κ3) is 8.09. The van der Waals surface area contributed by atoms with Gasteiger partial charge in [0, 0.05) is 29.3 Å². The molecule has 0 aromatic heterocycles. The van der Waals surface area contributed by atoms with E-state index >= 15 is 0 Å². The third-order valence-corrected chi connectivity index (χ3v) is 4.40. The van der Waals surface area contributed by atoms with Gasteiger partial charge in [0.05, 0.1) is 6.54 Å². The van der Waals surface area contributed by atoms with Gasteiger partial charge < -0.3 is 16.4 Å². The van der Waals surface area contributed by atoms with Crippen molar-refractivity contribution >= 4 is 47.6 Å². The summed E-state index contributed by atoms with van der Waals surface area (Å²) >= 11 is 1.80. The van der Waals surface area contributed by atoms with Crippen LogP contribution in [-0.4, -0.2) is 30.7 Å². The second-order valence-electron chi connectivity index (χ2n) is 5.35. The number of hydrogen-bond acceptors (Lipinski definition) is 3. The van der Waals surface area contributed by atoms with E-state index in [0.717, 1.165) is 30.4 Å². The molecule has 0 unspecified atom stereocenters. The first-order chi connectivity index (χ1) is 12.2. The monoisotopic (exact) mass is 484 g/mol. The fourth-order valence-electron chi connectivity index (χ4n) is 2.19. The summed E-state index contributed by atoms with van der Waals surface area (Å²) in [5.41, 5.74) is 6.77. The molecule has 140 valence electrons. The Kier molecular flexibility index (Phi) is 10.8. The number of hydrogen-bond donors (Lipinski definition) is 3. The number of nitrogens with zero attached hydrogens (tertiary/aromatic N) is 1. The number of aliphatic imine (C=N–C) groups is 1. The minimum absolute atomic E-state index is 0. The predicted octanol–water partition coefficient (Wildman–Crippen LogP) is 3.25. The molecule has 2 rings (SSSR count). The van der Waals surface area contributed by atoms with Gasteiger partial charge >= 0.3 is 0 Å². The first kappa shape index (κ1) is 22.3. The molecule has 0 radical (unpaired) electrons. The maximum atomic E-state index is 11.2. The zero-order valence-corrected chi connectivity index (χ0v) is 17.9. The first-order valence-electron chi connectivity index (χ1n) is 8.28. The minimum Gasteiger partial charge on any atom is -0.366 e. The number of carbonyl (C=O) groups is 1. The van der Waals surface area contributed by atoms with E-state index in [2.05, 4.69) is 27.8 Å². The summed E-state index contributed by atoms with van der Waals surface area (Å²) in [6, 6.07) is 17.6. The van der Waals surface area contributed by atoms with Crippen LogP contribution in [0.1, 0.15) is 22.8 Å². The van der Waals surface area contributed by atoms with Gasteiger partial charge in [-0.3, -0.25) is 4.79 Å². The van der Waals surface area contributed by atoms with Crippen molar-refractivity contribution in [2.45, 2.75) is 18.4 Å². The lowest BCUT2D eigenvalue weighted by atomic mass is 10.1. The number of carbonyl (C=O) groups excluding carboxylic acids is 1. The minimum atomic E-state index is -0.422. The average Bonchev–Trinajstić information content (AvgIpc) is 2.64. The molecule has 0 bridgehead atoms. The van der Waals surface area contributed by atoms with Gasteiger partial charge in [0.1, 0.15) is 0 Å². The van der Waals surface area contributed by atoms with Gasteiger partial charge in [0.15, 0.2) is 5.96 Å². The Hall–Kier alpha value is -1.74. The van der Waals surface area contributed by atoms with Gasteiger partial charge in [-0.2, -0.15) is 0 Å². The van der Waals surface area contributed by atoms with E-state index in [1.807, 2.05) is 37.3 Å². The lowest BCUT2D eigenvalue weighted by Crippen LogP contribution is -2.38. The summed E-state index contributed by atoms with van der Waals surface area (Å²) in [4.78, 5) is 17.1. The number of amides is 1. The van der Waals surface area contributed by atoms with E-state index in [1.54, 1.807) is 23.9 Å². The van der Waals surface area contributed by atoms with E-state index in [4.69, 9.17) is 5.73 Å². The van der Waals surface area contributed by atoms with Crippen LogP contribution in [0.15, 0.2) is 64.5 Å². The van der Waals surface area contributed by atoms with E-state index in [1.165, 1.54) is 4.90 Å². The number of primary amides is 1. The molecule has 26 heavy (non-hydrogen) atoms. The van der Waals surface area contributed by atoms with Gasteiger partial charge in [-0.1, -0.05) is 30.3 Å². The number of guanidine groups is 1. The number of nitrogens with two attached hydrogens (primary N) is 1. The predicted molar refractivity (Wildman–Crippen MR) is 120 cm³/mol. The molecule has 0 aliphatic rings. The van der Waals surface area contributed by atoms with Crippen LogP contribution in [0.25, 0.3) is 0 Å². The maximum absolute atomic E-state index is 11.2. The molecule has 4 N–H and O–H groups in total. The van der Waals surface area contributed by atoms with Crippen molar-refractivity contribution < 1.29 is 4.79 Å². The van der Waals surface area contributed by atoms with Crippen molar-refractivity contribution in [2.24, 2.45) is 10.7 Å². The summed E-state index contributed by atoms with van der Waals surface area (Å²) in [5.74, 6) is 1.29. The second kappa shape index (κ2) is 12.6. The van der Waals surface area contributed by atoms with Gasteiger partial charge in [0.25, 0.3) is 0 Å². The topological polar surface area (TPSA) is 79.5 Å². The molecule has 7 heteroatoms. The molecular weight excluding hydrogens is 459 g/mol. The van der Waals surface area contributed by atoms with Crippen molar-refractivity contribution in [1.29, 1.82) is 0 Å². The number of thioether (sulfide) groups is 1. The molecule has 1 amide bonds. The zero-order chi connectivity index (χ0) is 17.9. The summed E-state index contributed by atoms with van der Waals surface area (Å²) in [5, 5.41) is 6.55. The molecule has 0 aliphatic heterocycles. The van der Waals surface area contributed by atoms with Gasteiger partial charge in [-0.25, -0.2) is 4.99 Å². The van der Waals surface area contributed by atoms with Gasteiger partial charge in [-0.15, -0.1) is 35.7 Å². The summed E-state index contributed by atoms with van der Waals surface area (Å²) in [7, 11) is 0. The van der Waals surface area contributed by atoms with Crippen molar-refractivity contribution in [2.75, 3.05) is 18.8 Å². The molecule has 0 spiro atoms. The Morgan fingerprint density at radius 1 is 1.12 bits per heavy atom. The van der Waals surface area contributed by atoms with Gasteiger partial charge in [-0.05, 0) is 36.8 Å². The normalized spacial score (nSPS) is 10.7. The zero-order valence-electron chi connectivity index (χ0n) is 14.8. The highest BCUT2D eigenvalue weighted by Crippen LogP contribution is 2.15. The number of halogens is 1. The largest absolute Gasteiger partial charge is 0.366 e. The van der Waals surface area contributed by atoms with Crippen LogP contribution in [0.2, 0.25) is 0 Å². The fourth-order valence-corrected chi connectivity index (χ4v) is 2.98. The molecule has 2 aromatic rings. The second-order valence-corrected chi connectivity index (χ2v) is 6.52. The van der Waals surface area contributed by atoms with Crippen molar-refractivity contribution in [3.8, 4) is 0 Å². The highest BCUT2D eigenvalue weighted by Gasteiger charge is 2.02. The Balaban J connectivity index is 0.00000338. The Morgan fingerprint density at radius 2 is 1.88 bits per heavy atom. The van der Waals surface area contributed by atoms with Crippen LogP contribution < -0.4 is 16.4 Å². The van der Waals surface area contributed by atoms with Crippen LogP contribution in [-0.2, 0) is 6.54 Å². The van der Waals surface area contributed by atoms with Crippen LogP contribution in [0.3, 0.4) is 0 Å². The molecule has 0 saturated heterocycles. The molecule has 0 heterocycles. The summed E-state index contributed by atoms with van der Waals surface area (Å²) in [6.45, 7) is 4.12. The summed E-state index contributed by atoms with van der Waals surface area (Å²) in [6.07, 6.45) is 0. The SMILES string of the molecule is CCNC(=NCc1cccc(C(N)=O)c1)NCCSc1ccccc1.I. The maximum Gasteiger partial charge on any atom is 0.248 e. The number of nitrogens with one attached hydrogen (secondary N) is 2. The molecule has 5 nitrogen and oxygen atoms in total. The van der Waals surface area contributed by atoms with Crippen molar-refractivity contribution in [1.82, 2.24) is 10.6 Å². The lowest BCUT2D eigenvalue weighted by molar-refractivity contribution is 0.1000. The van der Waals surface area contributed by atoms with E-state index in [0.29, 0.717) is 12.1 Å². The van der Waals surface area contributed by atoms with Crippen molar-refractivity contribution in [3.63, 3.8) is 0 Å². The van der Waals surface area contributed by atoms with Crippen LogP contribution >= 0.6 is 35.7 Å². The molecule has 2 aromatic carbocycles. The molecule has 0 fully saturated rings. The van der Waals surface area contributed by atoms with E-state index < -0.39 is 5.91 Å². The third-order valence-electron chi connectivity index (χ3n) is 3.38. The highest BCUT2D eigenvalue weighted by atomic mass is 127. The Morgan fingerprint density at radius 3 is 2.58 bits per heavy atom. The Bertz CT molecular complexity index is 710. The van der Waals surface area contributed by atoms with Crippen LogP contribution in [0.4, 0.5) is 0 Å². The first-order valence-corrected chi connectivity index (χ1v) is 9.26. The summed E-state index contributed by atoms with van der Waals surface area (Å²) < 4.78 is 0. The molecular formula is C19H25IN4OS. The Labute approximate surface area is 176 Å². The number of benzene rings is 2. The quantitative estimate of drug-likeness (QED) is 0.177. The molecule has 0 saturated carbocycles. The number of rotatable bonds is 8. The lowest BCUT2D eigenvalue weighted by Gasteiger charge is -2.11. The van der Waals surface area contributed by atoms with E-state index in [9.17, 15) is 4.79 Å². The fraction of sp³-hybridized carbons (Fsp3) is 0.263.